The first-order chi connectivity index (χ1) is 7.67. The third-order valence-corrected chi connectivity index (χ3v) is 3.21. The van der Waals surface area contributed by atoms with E-state index >= 15 is 0 Å². The van der Waals surface area contributed by atoms with Crippen LogP contribution in [0.15, 0.2) is 29.2 Å². The van der Waals surface area contributed by atoms with Gasteiger partial charge in [-0.25, -0.2) is 0 Å². The lowest BCUT2D eigenvalue weighted by atomic mass is 10.0. The summed E-state index contributed by atoms with van der Waals surface area (Å²) in [5.41, 5.74) is 1.02. The highest BCUT2D eigenvalue weighted by molar-refractivity contribution is 7.99. The summed E-state index contributed by atoms with van der Waals surface area (Å²) < 4.78 is 0. The Bertz CT molecular complexity index is 337. The van der Waals surface area contributed by atoms with Crippen LogP contribution in [0, 0.1) is 0 Å². The molecule has 16 heavy (non-hydrogen) atoms. The van der Waals surface area contributed by atoms with Crippen molar-refractivity contribution in [1.29, 1.82) is 0 Å². The molecule has 0 spiro atoms. The van der Waals surface area contributed by atoms with Crippen LogP contribution in [0.25, 0.3) is 0 Å². The largest absolute Gasteiger partial charge is 0.481 e. The first-order valence-corrected chi connectivity index (χ1v) is 6.27. The van der Waals surface area contributed by atoms with Crippen LogP contribution >= 0.6 is 11.8 Å². The summed E-state index contributed by atoms with van der Waals surface area (Å²) in [5.74, 6) is 0.260. The number of thioether (sulfide) groups is 1. The van der Waals surface area contributed by atoms with E-state index in [4.69, 9.17) is 5.11 Å². The number of hydrogen-bond acceptors (Lipinski definition) is 3. The van der Waals surface area contributed by atoms with Crippen molar-refractivity contribution >= 4 is 17.7 Å². The molecule has 0 aliphatic carbocycles. The van der Waals surface area contributed by atoms with E-state index in [1.807, 2.05) is 24.3 Å². The Balaban J connectivity index is 2.73. The molecule has 0 saturated carbocycles. The van der Waals surface area contributed by atoms with Gasteiger partial charge in [-0.15, -0.1) is 11.8 Å². The van der Waals surface area contributed by atoms with Gasteiger partial charge in [0.25, 0.3) is 0 Å². The highest BCUT2D eigenvalue weighted by atomic mass is 32.2. The van der Waals surface area contributed by atoms with Crippen LogP contribution in [0.4, 0.5) is 0 Å². The van der Waals surface area contributed by atoms with Gasteiger partial charge in [0, 0.05) is 10.9 Å². The van der Waals surface area contributed by atoms with Gasteiger partial charge in [-0.3, -0.25) is 4.79 Å². The van der Waals surface area contributed by atoms with Gasteiger partial charge in [0.15, 0.2) is 0 Å². The monoisotopic (exact) mass is 239 g/mol. The maximum atomic E-state index is 10.7. The minimum Gasteiger partial charge on any atom is -0.481 e. The average Bonchev–Trinajstić information content (AvgIpc) is 2.27. The number of carboxylic acid groups (broad SMARTS) is 1. The van der Waals surface area contributed by atoms with Crippen LogP contribution in [-0.4, -0.2) is 23.9 Å². The molecule has 0 heterocycles. The summed E-state index contributed by atoms with van der Waals surface area (Å²) in [5, 5.41) is 11.8. The van der Waals surface area contributed by atoms with E-state index < -0.39 is 5.97 Å². The highest BCUT2D eigenvalue weighted by Gasteiger charge is 2.12. The fourth-order valence-corrected chi connectivity index (χ4v) is 2.19. The predicted octanol–water partition coefficient (Wildman–Crippen LogP) is 2.53. The Morgan fingerprint density at radius 1 is 1.44 bits per heavy atom. The van der Waals surface area contributed by atoms with E-state index in [1.54, 1.807) is 18.8 Å². The van der Waals surface area contributed by atoms with E-state index in [9.17, 15) is 4.79 Å². The van der Waals surface area contributed by atoms with Crippen LogP contribution in [-0.2, 0) is 4.79 Å². The van der Waals surface area contributed by atoms with Crippen molar-refractivity contribution in [2.75, 3.05) is 12.8 Å². The van der Waals surface area contributed by atoms with Crippen LogP contribution < -0.4 is 5.32 Å². The zero-order valence-corrected chi connectivity index (χ0v) is 10.4. The molecule has 0 saturated heterocycles. The lowest BCUT2D eigenvalue weighted by Crippen LogP contribution is -2.19. The molecular formula is C12H17NO2S. The molecule has 0 aromatic heterocycles. The molecule has 2 N–H and O–H groups in total. The number of rotatable bonds is 6. The zero-order chi connectivity index (χ0) is 12.0. The van der Waals surface area contributed by atoms with Gasteiger partial charge < -0.3 is 10.4 Å². The number of aliphatic carboxylic acids is 1. The molecule has 1 aromatic rings. The van der Waals surface area contributed by atoms with Crippen molar-refractivity contribution < 1.29 is 9.90 Å². The molecule has 0 aliphatic heterocycles. The lowest BCUT2D eigenvalue weighted by Gasteiger charge is -2.14. The molecule has 1 atom stereocenters. The van der Waals surface area contributed by atoms with Gasteiger partial charge in [0.2, 0.25) is 0 Å². The molecule has 0 radical (unpaired) electrons. The molecule has 1 aromatic carbocycles. The van der Waals surface area contributed by atoms with Crippen LogP contribution in [0.1, 0.15) is 24.9 Å². The minimum absolute atomic E-state index is 0.108. The van der Waals surface area contributed by atoms with E-state index in [-0.39, 0.29) is 12.5 Å². The molecule has 1 rings (SSSR count). The van der Waals surface area contributed by atoms with Gasteiger partial charge in [-0.2, -0.15) is 0 Å². The predicted molar refractivity (Wildman–Crippen MR) is 66.9 cm³/mol. The minimum atomic E-state index is -0.786. The van der Waals surface area contributed by atoms with Gasteiger partial charge in [-0.1, -0.05) is 19.1 Å². The number of carbonyl (C=O) groups is 1. The number of hydrogen-bond donors (Lipinski definition) is 2. The Morgan fingerprint density at radius 2 is 2.06 bits per heavy atom. The quantitative estimate of drug-likeness (QED) is 0.749. The standard InChI is InChI=1S/C12H17NO2S/c1-3-16-10-6-4-9(5-7-10)11(13-2)8-12(14)15/h4-7,11,13H,3,8H2,1-2H3,(H,14,15). The van der Waals surface area contributed by atoms with Crippen LogP contribution in [0.5, 0.6) is 0 Å². The van der Waals surface area contributed by atoms with Gasteiger partial charge in [-0.05, 0) is 30.5 Å². The topological polar surface area (TPSA) is 49.3 Å². The zero-order valence-electron chi connectivity index (χ0n) is 9.56. The first kappa shape index (κ1) is 13.1. The fraction of sp³-hybridized carbons (Fsp3) is 0.417. The maximum absolute atomic E-state index is 10.7. The van der Waals surface area contributed by atoms with Crippen LogP contribution in [0.3, 0.4) is 0 Å². The normalized spacial score (nSPS) is 12.4. The lowest BCUT2D eigenvalue weighted by molar-refractivity contribution is -0.137. The number of nitrogens with one attached hydrogen (secondary N) is 1. The first-order valence-electron chi connectivity index (χ1n) is 5.29. The van der Waals surface area contributed by atoms with E-state index in [0.29, 0.717) is 0 Å². The molecule has 0 aliphatic rings. The molecule has 3 nitrogen and oxygen atoms in total. The van der Waals surface area contributed by atoms with Crippen molar-refractivity contribution in [2.45, 2.75) is 24.3 Å². The smallest absolute Gasteiger partial charge is 0.305 e. The average molecular weight is 239 g/mol. The SMILES string of the molecule is CCSc1ccc(C(CC(=O)O)NC)cc1. The molecule has 0 amide bonds. The Labute approximate surface area is 100 Å². The molecule has 1 unspecified atom stereocenters. The summed E-state index contributed by atoms with van der Waals surface area (Å²) in [6.07, 6.45) is 0.108. The molecule has 0 fully saturated rings. The highest BCUT2D eigenvalue weighted by Crippen LogP contribution is 2.22. The fourth-order valence-electron chi connectivity index (χ4n) is 1.52. The van der Waals surface area contributed by atoms with Crippen molar-refractivity contribution in [3.05, 3.63) is 29.8 Å². The molecular weight excluding hydrogens is 222 g/mol. The van der Waals surface area contributed by atoms with E-state index in [2.05, 4.69) is 12.2 Å². The van der Waals surface area contributed by atoms with Gasteiger partial charge in [0.1, 0.15) is 0 Å². The van der Waals surface area contributed by atoms with Crippen LogP contribution in [0.2, 0.25) is 0 Å². The number of carboxylic acids is 1. The second kappa shape index (κ2) is 6.55. The Hall–Kier alpha value is -1.00. The van der Waals surface area contributed by atoms with E-state index in [1.165, 1.54) is 4.90 Å². The van der Waals surface area contributed by atoms with Crippen molar-refractivity contribution in [1.82, 2.24) is 5.32 Å². The van der Waals surface area contributed by atoms with Crippen molar-refractivity contribution in [3.63, 3.8) is 0 Å². The second-order valence-electron chi connectivity index (χ2n) is 3.44. The molecule has 0 bridgehead atoms. The molecule has 88 valence electrons. The third-order valence-electron chi connectivity index (χ3n) is 2.32. The summed E-state index contributed by atoms with van der Waals surface area (Å²) in [4.78, 5) is 11.9. The second-order valence-corrected chi connectivity index (χ2v) is 4.78. The summed E-state index contributed by atoms with van der Waals surface area (Å²) in [6, 6.07) is 7.94. The Kier molecular flexibility index (Phi) is 5.35. The number of benzene rings is 1. The molecule has 4 heteroatoms. The summed E-state index contributed by atoms with van der Waals surface area (Å²) >= 11 is 1.78. The summed E-state index contributed by atoms with van der Waals surface area (Å²) in [6.45, 7) is 2.11. The third kappa shape index (κ3) is 3.87. The van der Waals surface area contributed by atoms with Gasteiger partial charge >= 0.3 is 5.97 Å². The van der Waals surface area contributed by atoms with Gasteiger partial charge in [0.05, 0.1) is 6.42 Å². The summed E-state index contributed by atoms with van der Waals surface area (Å²) in [7, 11) is 1.78. The maximum Gasteiger partial charge on any atom is 0.305 e. The Morgan fingerprint density at radius 3 is 2.50 bits per heavy atom. The van der Waals surface area contributed by atoms with E-state index in [0.717, 1.165) is 11.3 Å². The van der Waals surface area contributed by atoms with Crippen molar-refractivity contribution in [3.8, 4) is 0 Å². The van der Waals surface area contributed by atoms with Crippen molar-refractivity contribution in [2.24, 2.45) is 0 Å².